The zero-order valence-electron chi connectivity index (χ0n) is 12.0. The zero-order valence-corrected chi connectivity index (χ0v) is 13.6. The van der Waals surface area contributed by atoms with Crippen LogP contribution in [-0.2, 0) is 6.61 Å². The summed E-state index contributed by atoms with van der Waals surface area (Å²) in [4.78, 5) is 8.45. The van der Waals surface area contributed by atoms with Gasteiger partial charge in [-0.2, -0.15) is 0 Å². The van der Waals surface area contributed by atoms with Gasteiger partial charge in [-0.05, 0) is 30.3 Å². The number of pyridine rings is 2. The minimum Gasteiger partial charge on any atom is -0.487 e. The fourth-order valence-electron chi connectivity index (χ4n) is 2.08. The average molecular weight is 346 g/mol. The average Bonchev–Trinajstić information content (AvgIpc) is 2.55. The van der Waals surface area contributed by atoms with Crippen molar-refractivity contribution in [1.82, 2.24) is 9.97 Å². The minimum absolute atomic E-state index is 0.258. The van der Waals surface area contributed by atoms with Crippen LogP contribution >= 0.6 is 23.2 Å². The number of nitrogens with two attached hydrogens (primary N) is 1. The Kier molecular flexibility index (Phi) is 4.65. The van der Waals surface area contributed by atoms with Crippen LogP contribution in [0.5, 0.6) is 5.75 Å². The molecular formula is C17H13Cl2N3O. The molecule has 2 heterocycles. The maximum absolute atomic E-state index is 6.14. The lowest BCUT2D eigenvalue weighted by atomic mass is 10.2. The quantitative estimate of drug-likeness (QED) is 0.749. The van der Waals surface area contributed by atoms with Crippen LogP contribution < -0.4 is 10.5 Å². The molecule has 0 spiro atoms. The van der Waals surface area contributed by atoms with Gasteiger partial charge in [-0.1, -0.05) is 35.3 Å². The molecular weight excluding hydrogens is 333 g/mol. The molecule has 0 radical (unpaired) electrons. The predicted molar refractivity (Wildman–Crippen MR) is 92.7 cm³/mol. The van der Waals surface area contributed by atoms with E-state index in [9.17, 15) is 0 Å². The molecule has 1 aromatic carbocycles. The number of rotatable bonds is 4. The number of anilines is 1. The zero-order chi connectivity index (χ0) is 16.2. The van der Waals surface area contributed by atoms with E-state index < -0.39 is 0 Å². The summed E-state index contributed by atoms with van der Waals surface area (Å²) in [6, 6.07) is 12.6. The number of halogens is 2. The summed E-state index contributed by atoms with van der Waals surface area (Å²) < 4.78 is 5.76. The molecule has 0 unspecified atom stereocenters. The van der Waals surface area contributed by atoms with E-state index in [2.05, 4.69) is 9.97 Å². The molecule has 0 atom stereocenters. The van der Waals surface area contributed by atoms with E-state index in [1.807, 2.05) is 18.2 Å². The molecule has 0 aliphatic carbocycles. The lowest BCUT2D eigenvalue weighted by Crippen LogP contribution is -1.98. The van der Waals surface area contributed by atoms with Gasteiger partial charge < -0.3 is 10.5 Å². The molecule has 3 rings (SSSR count). The monoisotopic (exact) mass is 345 g/mol. The highest BCUT2D eigenvalue weighted by atomic mass is 35.5. The lowest BCUT2D eigenvalue weighted by molar-refractivity contribution is 0.305. The Morgan fingerprint density at radius 3 is 2.48 bits per heavy atom. The first-order valence-electron chi connectivity index (χ1n) is 6.87. The van der Waals surface area contributed by atoms with E-state index >= 15 is 0 Å². The molecule has 0 aliphatic heterocycles. The molecule has 0 saturated carbocycles. The van der Waals surface area contributed by atoms with Crippen molar-refractivity contribution in [3.8, 4) is 17.0 Å². The molecule has 4 nitrogen and oxygen atoms in total. The van der Waals surface area contributed by atoms with Crippen LogP contribution in [0.1, 0.15) is 5.56 Å². The number of nitrogens with zero attached hydrogens (tertiary/aromatic N) is 2. The fourth-order valence-corrected chi connectivity index (χ4v) is 2.58. The molecule has 116 valence electrons. The van der Waals surface area contributed by atoms with Gasteiger partial charge in [0, 0.05) is 27.4 Å². The summed E-state index contributed by atoms with van der Waals surface area (Å²) in [5.41, 5.74) is 8.00. The molecule has 0 fully saturated rings. The molecule has 0 bridgehead atoms. The second-order valence-electron chi connectivity index (χ2n) is 4.85. The van der Waals surface area contributed by atoms with E-state index in [4.69, 9.17) is 33.7 Å². The highest BCUT2D eigenvalue weighted by Gasteiger charge is 2.08. The summed E-state index contributed by atoms with van der Waals surface area (Å²) in [6.07, 6.45) is 3.33. The summed E-state index contributed by atoms with van der Waals surface area (Å²) in [5, 5.41) is 1.14. The molecule has 3 aromatic rings. The molecule has 0 aliphatic rings. The first-order valence-corrected chi connectivity index (χ1v) is 7.63. The van der Waals surface area contributed by atoms with E-state index in [0.29, 0.717) is 21.6 Å². The Bertz CT molecular complexity index is 819. The van der Waals surface area contributed by atoms with Gasteiger partial charge in [-0.3, -0.25) is 4.98 Å². The predicted octanol–water partition coefficient (Wildman–Crippen LogP) is 4.61. The number of nitrogen functional groups attached to an aromatic ring is 1. The summed E-state index contributed by atoms with van der Waals surface area (Å²) in [6.45, 7) is 0.258. The maximum Gasteiger partial charge on any atom is 0.138 e. The van der Waals surface area contributed by atoms with Gasteiger partial charge in [0.2, 0.25) is 0 Å². The standard InChI is InChI=1S/C17H13Cl2N3O/c18-14-3-1-4-15(19)13(14)10-23-12-7-11(8-21-9-12)16-5-2-6-17(20)22-16/h1-9H,10H2,(H2,20,22). The number of hydrogen-bond donors (Lipinski definition) is 1. The van der Waals surface area contributed by atoms with Crippen LogP contribution in [0.15, 0.2) is 54.9 Å². The Morgan fingerprint density at radius 1 is 1.00 bits per heavy atom. The minimum atomic E-state index is 0.258. The molecule has 2 aromatic heterocycles. The Hall–Kier alpha value is -2.30. The third-order valence-corrected chi connectivity index (χ3v) is 3.93. The highest BCUT2D eigenvalue weighted by molar-refractivity contribution is 6.35. The van der Waals surface area contributed by atoms with E-state index in [1.165, 1.54) is 0 Å². The molecule has 6 heteroatoms. The van der Waals surface area contributed by atoms with Crippen molar-refractivity contribution in [2.45, 2.75) is 6.61 Å². The van der Waals surface area contributed by atoms with Gasteiger partial charge in [0.15, 0.2) is 0 Å². The van der Waals surface area contributed by atoms with Crippen LogP contribution in [0, 0.1) is 0 Å². The summed E-state index contributed by atoms with van der Waals surface area (Å²) in [7, 11) is 0. The third-order valence-electron chi connectivity index (χ3n) is 3.22. The van der Waals surface area contributed by atoms with Crippen LogP contribution in [0.4, 0.5) is 5.82 Å². The van der Waals surface area contributed by atoms with Crippen molar-refractivity contribution in [1.29, 1.82) is 0 Å². The number of aromatic nitrogens is 2. The van der Waals surface area contributed by atoms with E-state index in [0.717, 1.165) is 16.8 Å². The van der Waals surface area contributed by atoms with Gasteiger partial charge in [0.1, 0.15) is 18.2 Å². The first kappa shape index (κ1) is 15.6. The first-order chi connectivity index (χ1) is 11.1. The Labute approximate surface area is 143 Å². The number of benzene rings is 1. The molecule has 23 heavy (non-hydrogen) atoms. The smallest absolute Gasteiger partial charge is 0.138 e. The van der Waals surface area contributed by atoms with Crippen LogP contribution in [0.25, 0.3) is 11.3 Å². The van der Waals surface area contributed by atoms with Crippen molar-refractivity contribution in [3.63, 3.8) is 0 Å². The van der Waals surface area contributed by atoms with Crippen molar-refractivity contribution < 1.29 is 4.74 Å². The summed E-state index contributed by atoms with van der Waals surface area (Å²) >= 11 is 12.3. The Balaban J connectivity index is 1.81. The van der Waals surface area contributed by atoms with Crippen molar-refractivity contribution in [2.75, 3.05) is 5.73 Å². The normalized spacial score (nSPS) is 10.5. The highest BCUT2D eigenvalue weighted by Crippen LogP contribution is 2.27. The molecule has 0 amide bonds. The molecule has 2 N–H and O–H groups in total. The van der Waals surface area contributed by atoms with Gasteiger partial charge >= 0.3 is 0 Å². The van der Waals surface area contributed by atoms with Crippen LogP contribution in [0.2, 0.25) is 10.0 Å². The second kappa shape index (κ2) is 6.86. The number of ether oxygens (including phenoxy) is 1. The van der Waals surface area contributed by atoms with Crippen molar-refractivity contribution >= 4 is 29.0 Å². The van der Waals surface area contributed by atoms with E-state index in [-0.39, 0.29) is 6.61 Å². The lowest BCUT2D eigenvalue weighted by Gasteiger charge is -2.10. The van der Waals surface area contributed by atoms with Gasteiger partial charge in [0.05, 0.1) is 11.9 Å². The van der Waals surface area contributed by atoms with Gasteiger partial charge in [-0.25, -0.2) is 4.98 Å². The third kappa shape index (κ3) is 3.73. The topological polar surface area (TPSA) is 61.0 Å². The van der Waals surface area contributed by atoms with Gasteiger partial charge in [-0.15, -0.1) is 0 Å². The largest absolute Gasteiger partial charge is 0.487 e. The van der Waals surface area contributed by atoms with Gasteiger partial charge in [0.25, 0.3) is 0 Å². The fraction of sp³-hybridized carbons (Fsp3) is 0.0588. The summed E-state index contributed by atoms with van der Waals surface area (Å²) in [5.74, 6) is 1.05. The van der Waals surface area contributed by atoms with E-state index in [1.54, 1.807) is 36.7 Å². The Morgan fingerprint density at radius 2 is 1.74 bits per heavy atom. The van der Waals surface area contributed by atoms with Crippen LogP contribution in [0.3, 0.4) is 0 Å². The maximum atomic E-state index is 6.14. The van der Waals surface area contributed by atoms with Crippen molar-refractivity contribution in [3.05, 3.63) is 70.5 Å². The number of hydrogen-bond acceptors (Lipinski definition) is 4. The SMILES string of the molecule is Nc1cccc(-c2cncc(OCc3c(Cl)cccc3Cl)c2)n1. The molecule has 0 saturated heterocycles. The van der Waals surface area contributed by atoms with Crippen molar-refractivity contribution in [2.24, 2.45) is 0 Å². The van der Waals surface area contributed by atoms with Crippen LogP contribution in [-0.4, -0.2) is 9.97 Å². The second-order valence-corrected chi connectivity index (χ2v) is 5.66.